The zero-order valence-corrected chi connectivity index (χ0v) is 24.1. The predicted molar refractivity (Wildman–Crippen MR) is 164 cm³/mol. The van der Waals surface area contributed by atoms with Crippen LogP contribution in [0.1, 0.15) is 44.2 Å². The van der Waals surface area contributed by atoms with Gasteiger partial charge in [0.1, 0.15) is 4.83 Å². The number of para-hydroxylation sites is 1. The van der Waals surface area contributed by atoms with Crippen LogP contribution in [-0.2, 0) is 4.79 Å². The van der Waals surface area contributed by atoms with Crippen molar-refractivity contribution < 1.29 is 4.79 Å². The van der Waals surface area contributed by atoms with Crippen molar-refractivity contribution in [2.75, 3.05) is 5.32 Å². The van der Waals surface area contributed by atoms with Gasteiger partial charge in [0, 0.05) is 16.6 Å². The number of hydrogen-bond donors (Lipinski definition) is 1. The number of amides is 1. The van der Waals surface area contributed by atoms with Crippen molar-refractivity contribution in [1.82, 2.24) is 9.55 Å². The minimum Gasteiger partial charge on any atom is -0.325 e. The Kier molecular flexibility index (Phi) is 8.00. The smallest absolute Gasteiger partial charge is 0.268 e. The van der Waals surface area contributed by atoms with Crippen LogP contribution in [0, 0.1) is 6.92 Å². The number of anilines is 1. The first-order valence-corrected chi connectivity index (χ1v) is 14.9. The first-order valence-electron chi connectivity index (χ1n) is 13.1. The fraction of sp³-hybridized carbons (Fsp3) is 0.219. The largest absolute Gasteiger partial charge is 0.325 e. The van der Waals surface area contributed by atoms with E-state index in [9.17, 15) is 9.59 Å². The molecule has 0 unspecified atom stereocenters. The van der Waals surface area contributed by atoms with Crippen LogP contribution in [0.3, 0.4) is 0 Å². The monoisotopic (exact) mass is 553 g/mol. The number of aromatic nitrogens is 2. The highest BCUT2D eigenvalue weighted by Gasteiger charge is 2.23. The molecule has 198 valence electrons. The summed E-state index contributed by atoms with van der Waals surface area (Å²) >= 11 is 2.74. The van der Waals surface area contributed by atoms with E-state index in [4.69, 9.17) is 4.98 Å². The minimum atomic E-state index is -0.479. The molecule has 0 spiro atoms. The molecule has 1 N–H and O–H groups in total. The second kappa shape index (κ2) is 11.6. The maximum absolute atomic E-state index is 14.1. The molecular formula is C32H31N3O2S2. The number of thioether (sulfide) groups is 1. The number of hydrogen-bond acceptors (Lipinski definition) is 5. The van der Waals surface area contributed by atoms with Gasteiger partial charge in [-0.15, -0.1) is 11.3 Å². The lowest BCUT2D eigenvalue weighted by Gasteiger charge is -2.17. The van der Waals surface area contributed by atoms with Gasteiger partial charge in [0.15, 0.2) is 5.16 Å². The summed E-state index contributed by atoms with van der Waals surface area (Å²) in [7, 11) is 0. The highest BCUT2D eigenvalue weighted by Crippen LogP contribution is 2.34. The Balaban J connectivity index is 1.51. The first kappa shape index (κ1) is 26.9. The molecule has 0 saturated carbocycles. The quantitative estimate of drug-likeness (QED) is 0.156. The Bertz CT molecular complexity index is 1670. The van der Waals surface area contributed by atoms with Crippen LogP contribution < -0.4 is 10.9 Å². The van der Waals surface area contributed by atoms with Gasteiger partial charge < -0.3 is 5.32 Å². The van der Waals surface area contributed by atoms with Gasteiger partial charge in [-0.2, -0.15) is 0 Å². The van der Waals surface area contributed by atoms with Gasteiger partial charge in [-0.3, -0.25) is 14.2 Å². The van der Waals surface area contributed by atoms with E-state index >= 15 is 0 Å². The Morgan fingerprint density at radius 3 is 2.38 bits per heavy atom. The van der Waals surface area contributed by atoms with Crippen LogP contribution in [0.2, 0.25) is 0 Å². The molecule has 1 amide bonds. The molecule has 5 rings (SSSR count). The summed E-state index contributed by atoms with van der Waals surface area (Å²) in [4.78, 5) is 32.9. The molecule has 5 aromatic rings. The van der Waals surface area contributed by atoms with Crippen molar-refractivity contribution in [3.05, 3.63) is 106 Å². The maximum Gasteiger partial charge on any atom is 0.268 e. The van der Waals surface area contributed by atoms with Crippen molar-refractivity contribution in [1.29, 1.82) is 0 Å². The normalized spacial score (nSPS) is 12.8. The zero-order chi connectivity index (χ0) is 27.5. The molecule has 39 heavy (non-hydrogen) atoms. The average molecular weight is 554 g/mol. The van der Waals surface area contributed by atoms with Gasteiger partial charge in [0.05, 0.1) is 16.3 Å². The van der Waals surface area contributed by atoms with Gasteiger partial charge in [0.25, 0.3) is 5.56 Å². The van der Waals surface area contributed by atoms with E-state index in [2.05, 4.69) is 31.3 Å². The molecule has 7 heteroatoms. The molecule has 0 aliphatic heterocycles. The molecule has 0 radical (unpaired) electrons. The Labute approximate surface area is 236 Å². The topological polar surface area (TPSA) is 64.0 Å². The van der Waals surface area contributed by atoms with Crippen LogP contribution in [0.4, 0.5) is 5.69 Å². The van der Waals surface area contributed by atoms with Crippen LogP contribution in [0.25, 0.3) is 27.0 Å². The summed E-state index contributed by atoms with van der Waals surface area (Å²) < 4.78 is 1.66. The summed E-state index contributed by atoms with van der Waals surface area (Å²) in [5, 5.41) is 5.63. The SMILES string of the molecule is CC[C@H](C)c1ccc(NC(=O)[C@@H](C)Sc2nc3scc(-c4ccccc4)c3c(=O)n2-c2ccccc2C)cc1. The molecule has 5 nitrogen and oxygen atoms in total. The number of carbonyl (C=O) groups is 1. The third kappa shape index (κ3) is 5.56. The zero-order valence-electron chi connectivity index (χ0n) is 22.5. The van der Waals surface area contributed by atoms with Crippen LogP contribution in [0.5, 0.6) is 0 Å². The number of rotatable bonds is 8. The third-order valence-electron chi connectivity index (χ3n) is 7.03. The summed E-state index contributed by atoms with van der Waals surface area (Å²) in [5.74, 6) is 0.334. The van der Waals surface area contributed by atoms with E-state index in [1.165, 1.54) is 28.7 Å². The van der Waals surface area contributed by atoms with Gasteiger partial charge in [-0.25, -0.2) is 4.98 Å². The van der Waals surface area contributed by atoms with Crippen LogP contribution in [-0.4, -0.2) is 20.7 Å². The fourth-order valence-electron chi connectivity index (χ4n) is 4.49. The number of thiophene rings is 1. The van der Waals surface area contributed by atoms with E-state index in [1.807, 2.05) is 86.0 Å². The van der Waals surface area contributed by atoms with Crippen molar-refractivity contribution in [3.63, 3.8) is 0 Å². The molecule has 0 saturated heterocycles. The average Bonchev–Trinajstić information content (AvgIpc) is 3.38. The van der Waals surface area contributed by atoms with Gasteiger partial charge in [0.2, 0.25) is 5.91 Å². The second-order valence-electron chi connectivity index (χ2n) is 9.70. The van der Waals surface area contributed by atoms with Crippen molar-refractivity contribution >= 4 is 44.9 Å². The lowest BCUT2D eigenvalue weighted by molar-refractivity contribution is -0.115. The predicted octanol–water partition coefficient (Wildman–Crippen LogP) is 8.06. The fourth-order valence-corrected chi connectivity index (χ4v) is 6.40. The van der Waals surface area contributed by atoms with E-state index < -0.39 is 5.25 Å². The number of aryl methyl sites for hydroxylation is 1. The number of nitrogens with zero attached hydrogens (tertiary/aromatic N) is 2. The summed E-state index contributed by atoms with van der Waals surface area (Å²) in [5.41, 5.74) is 5.44. The Morgan fingerprint density at radius 1 is 1.00 bits per heavy atom. The number of nitrogens with one attached hydrogen (secondary N) is 1. The van der Waals surface area contributed by atoms with E-state index in [0.29, 0.717) is 21.3 Å². The number of carbonyl (C=O) groups excluding carboxylic acids is 1. The van der Waals surface area contributed by atoms with E-state index in [0.717, 1.165) is 34.5 Å². The van der Waals surface area contributed by atoms with E-state index in [1.54, 1.807) is 4.57 Å². The summed E-state index contributed by atoms with van der Waals surface area (Å²) in [6.07, 6.45) is 1.07. The minimum absolute atomic E-state index is 0.134. The molecule has 0 aliphatic rings. The summed E-state index contributed by atoms with van der Waals surface area (Å²) in [6, 6.07) is 25.7. The van der Waals surface area contributed by atoms with E-state index in [-0.39, 0.29) is 11.5 Å². The molecule has 0 fully saturated rings. The van der Waals surface area contributed by atoms with Crippen molar-refractivity contribution in [2.45, 2.75) is 50.4 Å². The Hall–Kier alpha value is -3.68. The standard InChI is InChI=1S/C32H31N3O2S2/c1-5-20(2)23-15-17-25(18-16-23)33-29(36)22(4)39-32-34-30-28(26(19-38-30)24-12-7-6-8-13-24)31(37)35(32)27-14-10-9-11-21(27)3/h6-20,22H,5H2,1-4H3,(H,33,36)/t20-,22+/m0/s1. The maximum atomic E-state index is 14.1. The van der Waals surface area contributed by atoms with Crippen LogP contribution >= 0.6 is 23.1 Å². The molecular weight excluding hydrogens is 523 g/mol. The molecule has 0 aliphatic carbocycles. The number of fused-ring (bicyclic) bond motifs is 1. The Morgan fingerprint density at radius 2 is 1.69 bits per heavy atom. The highest BCUT2D eigenvalue weighted by atomic mass is 32.2. The third-order valence-corrected chi connectivity index (χ3v) is 8.95. The first-order chi connectivity index (χ1) is 18.9. The van der Waals surface area contributed by atoms with Crippen molar-refractivity contribution in [2.24, 2.45) is 0 Å². The molecule has 2 heterocycles. The highest BCUT2D eigenvalue weighted by molar-refractivity contribution is 8.00. The second-order valence-corrected chi connectivity index (χ2v) is 11.9. The van der Waals surface area contributed by atoms with Crippen LogP contribution in [0.15, 0.2) is 94.2 Å². The lowest BCUT2D eigenvalue weighted by Crippen LogP contribution is -2.26. The van der Waals surface area contributed by atoms with Gasteiger partial charge in [-0.05, 0) is 61.1 Å². The van der Waals surface area contributed by atoms with Gasteiger partial charge in [-0.1, -0.05) is 86.3 Å². The molecule has 0 bridgehead atoms. The molecule has 2 aromatic heterocycles. The molecule has 2 atom stereocenters. The molecule has 3 aromatic carbocycles. The number of benzene rings is 3. The van der Waals surface area contributed by atoms with Gasteiger partial charge >= 0.3 is 0 Å². The van der Waals surface area contributed by atoms with Crippen molar-refractivity contribution in [3.8, 4) is 16.8 Å². The summed E-state index contributed by atoms with van der Waals surface area (Å²) in [6.45, 7) is 8.18. The lowest BCUT2D eigenvalue weighted by atomic mass is 9.99.